The molecule has 0 aliphatic rings. The highest BCUT2D eigenvalue weighted by atomic mass is 16.6. The Morgan fingerprint density at radius 2 is 2.18 bits per heavy atom. The number of benzene rings is 1. The van der Waals surface area contributed by atoms with E-state index in [2.05, 4.69) is 0 Å². The lowest BCUT2D eigenvalue weighted by Gasteiger charge is -2.13. The summed E-state index contributed by atoms with van der Waals surface area (Å²) in [6.45, 7) is 1.87. The Bertz CT molecular complexity index is 419. The van der Waals surface area contributed by atoms with Crippen LogP contribution in [0.3, 0.4) is 0 Å². The molecule has 6 nitrogen and oxygen atoms in total. The van der Waals surface area contributed by atoms with Crippen molar-refractivity contribution >= 4 is 5.69 Å². The number of aromatic hydroxyl groups is 1. The Morgan fingerprint density at radius 1 is 1.53 bits per heavy atom. The first-order valence-electron chi connectivity index (χ1n) is 5.24. The molecule has 0 aromatic heterocycles. The van der Waals surface area contributed by atoms with Crippen molar-refractivity contribution in [2.45, 2.75) is 25.9 Å². The fourth-order valence-electron chi connectivity index (χ4n) is 1.56. The molecule has 0 bridgehead atoms. The van der Waals surface area contributed by atoms with Crippen molar-refractivity contribution in [2.24, 2.45) is 0 Å². The van der Waals surface area contributed by atoms with Crippen molar-refractivity contribution in [1.29, 1.82) is 0 Å². The number of aliphatic hydroxyl groups excluding tert-OH is 1. The second-order valence-electron chi connectivity index (χ2n) is 3.65. The number of methoxy groups -OCH3 is 1. The highest BCUT2D eigenvalue weighted by Gasteiger charge is 2.21. The number of phenolic OH excluding ortho intramolecular Hbond substituents is 1. The molecule has 0 amide bonds. The van der Waals surface area contributed by atoms with Crippen LogP contribution in [0.4, 0.5) is 5.69 Å². The first kappa shape index (κ1) is 13.2. The Kier molecular flexibility index (Phi) is 4.28. The first-order valence-corrected chi connectivity index (χ1v) is 5.24. The van der Waals surface area contributed by atoms with Gasteiger partial charge in [0, 0.05) is 11.6 Å². The summed E-state index contributed by atoms with van der Waals surface area (Å²) in [5.41, 5.74) is -0.0947. The predicted molar refractivity (Wildman–Crippen MR) is 61.2 cm³/mol. The maximum atomic E-state index is 10.7. The predicted octanol–water partition coefficient (Wildman–Crippen LogP) is 2.14. The van der Waals surface area contributed by atoms with Gasteiger partial charge in [0.1, 0.15) is 0 Å². The van der Waals surface area contributed by atoms with Gasteiger partial charge in [0.15, 0.2) is 11.5 Å². The number of nitro groups is 1. The Morgan fingerprint density at radius 3 is 2.65 bits per heavy atom. The number of nitrogens with zero attached hydrogens (tertiary/aromatic N) is 1. The highest BCUT2D eigenvalue weighted by molar-refractivity contribution is 5.54. The van der Waals surface area contributed by atoms with Gasteiger partial charge in [0.25, 0.3) is 5.69 Å². The number of nitro benzene ring substituents is 1. The van der Waals surface area contributed by atoms with Gasteiger partial charge < -0.3 is 14.9 Å². The van der Waals surface area contributed by atoms with E-state index >= 15 is 0 Å². The van der Waals surface area contributed by atoms with Crippen molar-refractivity contribution in [3.8, 4) is 11.5 Å². The maximum absolute atomic E-state index is 10.7. The van der Waals surface area contributed by atoms with Gasteiger partial charge in [0.05, 0.1) is 24.2 Å². The van der Waals surface area contributed by atoms with Crippen molar-refractivity contribution in [2.75, 3.05) is 7.11 Å². The van der Waals surface area contributed by atoms with E-state index in [1.54, 1.807) is 0 Å². The van der Waals surface area contributed by atoms with Gasteiger partial charge in [-0.2, -0.15) is 0 Å². The largest absolute Gasteiger partial charge is 0.504 e. The number of non-ortho nitro benzene ring substituents is 1. The Labute approximate surface area is 98.6 Å². The fourth-order valence-corrected chi connectivity index (χ4v) is 1.56. The van der Waals surface area contributed by atoms with Crippen LogP contribution in [-0.2, 0) is 0 Å². The molecular formula is C11H15NO5. The number of rotatable bonds is 5. The monoisotopic (exact) mass is 241 g/mol. The quantitative estimate of drug-likeness (QED) is 0.608. The minimum atomic E-state index is -0.936. The Hall–Kier alpha value is -1.82. The van der Waals surface area contributed by atoms with E-state index < -0.39 is 11.0 Å². The molecule has 1 aromatic carbocycles. The molecule has 0 radical (unpaired) electrons. The number of phenols is 1. The molecule has 17 heavy (non-hydrogen) atoms. The molecule has 6 heteroatoms. The smallest absolute Gasteiger partial charge is 0.273 e. The molecular weight excluding hydrogens is 226 g/mol. The minimum Gasteiger partial charge on any atom is -0.504 e. The van der Waals surface area contributed by atoms with Crippen LogP contribution in [-0.4, -0.2) is 22.2 Å². The van der Waals surface area contributed by atoms with Crippen LogP contribution in [0, 0.1) is 10.1 Å². The van der Waals surface area contributed by atoms with Crippen LogP contribution < -0.4 is 4.74 Å². The zero-order valence-corrected chi connectivity index (χ0v) is 9.71. The SMILES string of the molecule is CCCC(O)c1cc([N+](=O)[O-])cc(OC)c1O. The van der Waals surface area contributed by atoms with Crippen molar-refractivity contribution in [1.82, 2.24) is 0 Å². The van der Waals surface area contributed by atoms with E-state index in [-0.39, 0.29) is 22.7 Å². The van der Waals surface area contributed by atoms with E-state index in [4.69, 9.17) is 4.74 Å². The van der Waals surface area contributed by atoms with E-state index in [0.29, 0.717) is 12.8 Å². The standard InChI is InChI=1S/C11H15NO5/c1-3-4-9(13)8-5-7(12(15)16)6-10(17-2)11(8)14/h5-6,9,13-14H,3-4H2,1-2H3. The van der Waals surface area contributed by atoms with Gasteiger partial charge in [0.2, 0.25) is 0 Å². The van der Waals surface area contributed by atoms with Crippen LogP contribution >= 0.6 is 0 Å². The minimum absolute atomic E-state index is 0.00986. The average Bonchev–Trinajstić information content (AvgIpc) is 2.29. The number of ether oxygens (including phenoxy) is 1. The third-order valence-corrected chi connectivity index (χ3v) is 2.44. The summed E-state index contributed by atoms with van der Waals surface area (Å²) in [6.07, 6.45) is 0.178. The molecule has 1 rings (SSSR count). The second kappa shape index (κ2) is 5.49. The third kappa shape index (κ3) is 2.85. The number of aliphatic hydroxyl groups is 1. The van der Waals surface area contributed by atoms with Crippen LogP contribution in [0.1, 0.15) is 31.4 Å². The highest BCUT2D eigenvalue weighted by Crippen LogP contribution is 2.38. The first-order chi connectivity index (χ1) is 8.01. The normalized spacial score (nSPS) is 12.2. The van der Waals surface area contributed by atoms with Gasteiger partial charge >= 0.3 is 0 Å². The van der Waals surface area contributed by atoms with Gasteiger partial charge in [-0.25, -0.2) is 0 Å². The molecule has 0 heterocycles. The lowest BCUT2D eigenvalue weighted by atomic mass is 10.0. The van der Waals surface area contributed by atoms with E-state index in [0.717, 1.165) is 12.1 Å². The molecule has 94 valence electrons. The molecule has 2 N–H and O–H groups in total. The molecule has 0 fully saturated rings. The van der Waals surface area contributed by atoms with E-state index in [9.17, 15) is 20.3 Å². The third-order valence-electron chi connectivity index (χ3n) is 2.44. The van der Waals surface area contributed by atoms with Gasteiger partial charge in [-0.3, -0.25) is 10.1 Å². The van der Waals surface area contributed by atoms with Crippen LogP contribution in [0.15, 0.2) is 12.1 Å². The topological polar surface area (TPSA) is 92.8 Å². The molecule has 0 aliphatic heterocycles. The van der Waals surface area contributed by atoms with Gasteiger partial charge in [-0.1, -0.05) is 13.3 Å². The molecule has 1 aromatic rings. The zero-order valence-electron chi connectivity index (χ0n) is 9.71. The second-order valence-corrected chi connectivity index (χ2v) is 3.65. The summed E-state index contributed by atoms with van der Waals surface area (Å²) >= 11 is 0. The van der Waals surface area contributed by atoms with E-state index in [1.807, 2.05) is 6.92 Å². The summed E-state index contributed by atoms with van der Waals surface area (Å²) in [7, 11) is 1.30. The summed E-state index contributed by atoms with van der Waals surface area (Å²) < 4.78 is 4.84. The molecule has 0 spiro atoms. The summed E-state index contributed by atoms with van der Waals surface area (Å²) in [5, 5.41) is 30.3. The van der Waals surface area contributed by atoms with Crippen LogP contribution in [0.2, 0.25) is 0 Å². The number of hydrogen-bond acceptors (Lipinski definition) is 5. The lowest BCUT2D eigenvalue weighted by molar-refractivity contribution is -0.385. The fraction of sp³-hybridized carbons (Fsp3) is 0.455. The van der Waals surface area contributed by atoms with Gasteiger partial charge in [-0.05, 0) is 6.42 Å². The van der Waals surface area contributed by atoms with Crippen LogP contribution in [0.25, 0.3) is 0 Å². The van der Waals surface area contributed by atoms with Gasteiger partial charge in [-0.15, -0.1) is 0 Å². The van der Waals surface area contributed by atoms with Crippen molar-refractivity contribution in [3.05, 3.63) is 27.8 Å². The summed E-state index contributed by atoms with van der Waals surface area (Å²) in [4.78, 5) is 10.1. The molecule has 1 atom stereocenters. The maximum Gasteiger partial charge on any atom is 0.273 e. The molecule has 0 saturated carbocycles. The summed E-state index contributed by atoms with van der Waals surface area (Å²) in [5.74, 6) is -0.261. The number of hydrogen-bond donors (Lipinski definition) is 2. The van der Waals surface area contributed by atoms with Crippen molar-refractivity contribution in [3.63, 3.8) is 0 Å². The molecule has 0 aliphatic carbocycles. The van der Waals surface area contributed by atoms with E-state index in [1.165, 1.54) is 7.11 Å². The average molecular weight is 241 g/mol. The zero-order chi connectivity index (χ0) is 13.0. The van der Waals surface area contributed by atoms with Crippen molar-refractivity contribution < 1.29 is 19.9 Å². The van der Waals surface area contributed by atoms with Crippen LogP contribution in [0.5, 0.6) is 11.5 Å². The summed E-state index contributed by atoms with van der Waals surface area (Å²) in [6, 6.07) is 2.29. The molecule has 1 unspecified atom stereocenters. The molecule has 0 saturated heterocycles. The Balaban J connectivity index is 3.27. The lowest BCUT2D eigenvalue weighted by Crippen LogP contribution is -2.00.